The molecule has 2 amide bonds. The number of carbonyl (C=O) groups is 2. The topological polar surface area (TPSA) is 58.6 Å². The number of ether oxygens (including phenoxy) is 1. The monoisotopic (exact) mass is 384 g/mol. The van der Waals surface area contributed by atoms with Crippen LogP contribution in [0.15, 0.2) is 48.5 Å². The van der Waals surface area contributed by atoms with Gasteiger partial charge in [-0.25, -0.2) is 0 Å². The van der Waals surface area contributed by atoms with Crippen molar-refractivity contribution < 1.29 is 14.3 Å². The number of nitrogens with zero attached hydrogens (tertiary/aromatic N) is 1. The normalized spacial score (nSPS) is 14.0. The summed E-state index contributed by atoms with van der Waals surface area (Å²) < 4.78 is 5.34. The number of para-hydroxylation sites is 1. The Hall–Kier alpha value is -2.47. The van der Waals surface area contributed by atoms with Crippen molar-refractivity contribution in [1.29, 1.82) is 0 Å². The lowest BCUT2D eigenvalue weighted by molar-refractivity contribution is -0.126. The second-order valence-electron chi connectivity index (χ2n) is 6.42. The van der Waals surface area contributed by atoms with Crippen LogP contribution in [0.2, 0.25) is 0 Å². The fourth-order valence-electron chi connectivity index (χ4n) is 3.34. The molecule has 2 aromatic rings. The van der Waals surface area contributed by atoms with Gasteiger partial charge in [0.25, 0.3) is 5.91 Å². The number of rotatable bonds is 8. The molecule has 2 aromatic carbocycles. The lowest BCUT2D eigenvalue weighted by atomic mass is 10.1. The first-order valence-corrected chi connectivity index (χ1v) is 10.3. The van der Waals surface area contributed by atoms with Gasteiger partial charge in [0, 0.05) is 24.2 Å². The van der Waals surface area contributed by atoms with Gasteiger partial charge < -0.3 is 15.0 Å². The van der Waals surface area contributed by atoms with Crippen molar-refractivity contribution in [2.45, 2.75) is 25.6 Å². The molecule has 1 aliphatic rings. The average Bonchev–Trinajstić information content (AvgIpc) is 3.03. The first-order valence-electron chi connectivity index (χ1n) is 8.93. The van der Waals surface area contributed by atoms with Crippen LogP contribution in [-0.2, 0) is 17.9 Å². The SMILES string of the molecule is COc1ccccc1CNC(=O)C(CCSC)N1Cc2ccccc2C1=O. The molecule has 0 bridgehead atoms. The van der Waals surface area contributed by atoms with E-state index in [0.717, 1.165) is 22.6 Å². The minimum atomic E-state index is -0.480. The number of hydrogen-bond donors (Lipinski definition) is 1. The fourth-order valence-corrected chi connectivity index (χ4v) is 3.79. The fraction of sp³-hybridized carbons (Fsp3) is 0.333. The van der Waals surface area contributed by atoms with Gasteiger partial charge >= 0.3 is 0 Å². The summed E-state index contributed by atoms with van der Waals surface area (Å²) in [6, 6.07) is 14.7. The van der Waals surface area contributed by atoms with Gasteiger partial charge in [0.15, 0.2) is 0 Å². The van der Waals surface area contributed by atoms with E-state index in [1.807, 2.05) is 54.8 Å². The van der Waals surface area contributed by atoms with E-state index in [4.69, 9.17) is 4.74 Å². The summed E-state index contributed by atoms with van der Waals surface area (Å²) in [4.78, 5) is 27.4. The van der Waals surface area contributed by atoms with Crippen LogP contribution in [-0.4, -0.2) is 41.9 Å². The Morgan fingerprint density at radius 3 is 2.70 bits per heavy atom. The first-order chi connectivity index (χ1) is 13.2. The van der Waals surface area contributed by atoms with Gasteiger partial charge in [0.05, 0.1) is 7.11 Å². The van der Waals surface area contributed by atoms with Gasteiger partial charge in [-0.15, -0.1) is 0 Å². The van der Waals surface area contributed by atoms with E-state index in [-0.39, 0.29) is 11.8 Å². The molecule has 0 saturated carbocycles. The van der Waals surface area contributed by atoms with Crippen molar-refractivity contribution in [2.24, 2.45) is 0 Å². The highest BCUT2D eigenvalue weighted by Gasteiger charge is 2.35. The quantitative estimate of drug-likeness (QED) is 0.760. The molecule has 6 heteroatoms. The first kappa shape index (κ1) is 19.3. The zero-order valence-electron chi connectivity index (χ0n) is 15.6. The van der Waals surface area contributed by atoms with Crippen molar-refractivity contribution in [1.82, 2.24) is 10.2 Å². The number of fused-ring (bicyclic) bond motifs is 1. The number of hydrogen-bond acceptors (Lipinski definition) is 4. The maximum Gasteiger partial charge on any atom is 0.255 e. The predicted octanol–water partition coefficient (Wildman–Crippen LogP) is 3.09. The summed E-state index contributed by atoms with van der Waals surface area (Å²) in [7, 11) is 1.61. The lowest BCUT2D eigenvalue weighted by Crippen LogP contribution is -2.47. The van der Waals surface area contributed by atoms with Crippen LogP contribution in [0.3, 0.4) is 0 Å². The zero-order valence-corrected chi connectivity index (χ0v) is 16.4. The Morgan fingerprint density at radius 1 is 1.22 bits per heavy atom. The van der Waals surface area contributed by atoms with E-state index in [1.54, 1.807) is 23.8 Å². The summed E-state index contributed by atoms with van der Waals surface area (Å²) in [5, 5.41) is 2.98. The molecule has 0 saturated heterocycles. The van der Waals surface area contributed by atoms with E-state index in [0.29, 0.717) is 25.1 Å². The Balaban J connectivity index is 1.73. The molecule has 0 spiro atoms. The molecule has 5 nitrogen and oxygen atoms in total. The Labute approximate surface area is 164 Å². The molecule has 1 atom stereocenters. The van der Waals surface area contributed by atoms with Crippen LogP contribution < -0.4 is 10.1 Å². The highest BCUT2D eigenvalue weighted by atomic mass is 32.2. The van der Waals surface area contributed by atoms with E-state index in [9.17, 15) is 9.59 Å². The van der Waals surface area contributed by atoms with Crippen molar-refractivity contribution in [2.75, 3.05) is 19.1 Å². The van der Waals surface area contributed by atoms with Gasteiger partial charge in [-0.3, -0.25) is 9.59 Å². The molecule has 1 N–H and O–H groups in total. The van der Waals surface area contributed by atoms with E-state index in [1.165, 1.54) is 0 Å². The van der Waals surface area contributed by atoms with Crippen LogP contribution in [0, 0.1) is 0 Å². The smallest absolute Gasteiger partial charge is 0.255 e. The van der Waals surface area contributed by atoms with Crippen LogP contribution in [0.5, 0.6) is 5.75 Å². The third-order valence-corrected chi connectivity index (χ3v) is 5.41. The largest absolute Gasteiger partial charge is 0.496 e. The molecule has 3 rings (SSSR count). The molecule has 1 aliphatic heterocycles. The highest BCUT2D eigenvalue weighted by Crippen LogP contribution is 2.26. The molecule has 142 valence electrons. The molecular formula is C21H24N2O3S. The molecule has 1 heterocycles. The number of thioether (sulfide) groups is 1. The van der Waals surface area contributed by atoms with Crippen molar-refractivity contribution >= 4 is 23.6 Å². The minimum Gasteiger partial charge on any atom is -0.496 e. The predicted molar refractivity (Wildman–Crippen MR) is 108 cm³/mol. The Morgan fingerprint density at radius 2 is 1.96 bits per heavy atom. The molecular weight excluding hydrogens is 360 g/mol. The molecule has 0 aromatic heterocycles. The van der Waals surface area contributed by atoms with E-state index >= 15 is 0 Å². The maximum absolute atomic E-state index is 13.0. The molecule has 0 fully saturated rings. The van der Waals surface area contributed by atoms with Crippen molar-refractivity contribution in [3.8, 4) is 5.75 Å². The molecule has 27 heavy (non-hydrogen) atoms. The van der Waals surface area contributed by atoms with Gasteiger partial charge in [-0.1, -0.05) is 36.4 Å². The summed E-state index contributed by atoms with van der Waals surface area (Å²) in [5.41, 5.74) is 2.59. The van der Waals surface area contributed by atoms with Crippen LogP contribution in [0.25, 0.3) is 0 Å². The highest BCUT2D eigenvalue weighted by molar-refractivity contribution is 7.98. The van der Waals surface area contributed by atoms with Gasteiger partial charge in [0.2, 0.25) is 5.91 Å². The zero-order chi connectivity index (χ0) is 19.2. The summed E-state index contributed by atoms with van der Waals surface area (Å²) in [6.45, 7) is 0.851. The van der Waals surface area contributed by atoms with Crippen LogP contribution in [0.4, 0.5) is 0 Å². The van der Waals surface area contributed by atoms with Crippen LogP contribution in [0.1, 0.15) is 27.9 Å². The van der Waals surface area contributed by atoms with Crippen LogP contribution >= 0.6 is 11.8 Å². The average molecular weight is 385 g/mol. The molecule has 1 unspecified atom stereocenters. The Bertz CT molecular complexity index is 825. The third-order valence-electron chi connectivity index (χ3n) is 4.77. The van der Waals surface area contributed by atoms with Gasteiger partial charge in [-0.2, -0.15) is 11.8 Å². The number of amides is 2. The van der Waals surface area contributed by atoms with Gasteiger partial charge in [-0.05, 0) is 36.1 Å². The minimum absolute atomic E-state index is 0.0656. The number of benzene rings is 2. The third kappa shape index (κ3) is 4.27. The number of nitrogens with one attached hydrogen (secondary N) is 1. The standard InChI is InChI=1S/C21H24N2O3S/c1-26-19-10-6-4-7-15(19)13-22-20(24)18(11-12-27-2)23-14-16-8-3-5-9-17(16)21(23)25/h3-10,18H,11-14H2,1-2H3,(H,22,24). The number of carbonyl (C=O) groups excluding carboxylic acids is 2. The van der Waals surface area contributed by atoms with Gasteiger partial charge in [0.1, 0.15) is 11.8 Å². The lowest BCUT2D eigenvalue weighted by Gasteiger charge is -2.27. The summed E-state index contributed by atoms with van der Waals surface area (Å²) in [5.74, 6) is 1.36. The van der Waals surface area contributed by atoms with Crippen molar-refractivity contribution in [3.05, 3.63) is 65.2 Å². The second-order valence-corrected chi connectivity index (χ2v) is 7.40. The van der Waals surface area contributed by atoms with Crippen molar-refractivity contribution in [3.63, 3.8) is 0 Å². The maximum atomic E-state index is 13.0. The van der Waals surface area contributed by atoms with E-state index in [2.05, 4.69) is 5.32 Å². The molecule has 0 aliphatic carbocycles. The second kappa shape index (κ2) is 8.95. The Kier molecular flexibility index (Phi) is 6.40. The number of methoxy groups -OCH3 is 1. The summed E-state index contributed by atoms with van der Waals surface area (Å²) in [6.07, 6.45) is 2.63. The van der Waals surface area contributed by atoms with E-state index < -0.39 is 6.04 Å². The molecule has 0 radical (unpaired) electrons. The summed E-state index contributed by atoms with van der Waals surface area (Å²) >= 11 is 1.67.